The lowest BCUT2D eigenvalue weighted by atomic mass is 9.81. The quantitative estimate of drug-likeness (QED) is 0.141. The minimum Gasteiger partial charge on any atom is -0.444 e. The van der Waals surface area contributed by atoms with E-state index >= 15 is 0 Å². The van der Waals surface area contributed by atoms with E-state index in [4.69, 9.17) is 15.2 Å². The normalized spacial score (nSPS) is 16.3. The molecule has 14 heteroatoms. The van der Waals surface area contributed by atoms with Crippen molar-refractivity contribution in [3.63, 3.8) is 0 Å². The van der Waals surface area contributed by atoms with Gasteiger partial charge >= 0.3 is 6.09 Å². The van der Waals surface area contributed by atoms with Gasteiger partial charge in [-0.2, -0.15) is 5.21 Å². The van der Waals surface area contributed by atoms with Gasteiger partial charge in [0.25, 0.3) is 0 Å². The maximum absolute atomic E-state index is 14.4. The fourth-order valence-electron chi connectivity index (χ4n) is 6.38. The van der Waals surface area contributed by atoms with E-state index < -0.39 is 23.6 Å². The summed E-state index contributed by atoms with van der Waals surface area (Å²) in [5.41, 5.74) is 9.38. The number of aromatic amines is 1. The molecule has 1 atom stereocenters. The Morgan fingerprint density at radius 3 is 2.25 bits per heavy atom. The van der Waals surface area contributed by atoms with E-state index in [2.05, 4.69) is 35.9 Å². The van der Waals surface area contributed by atoms with Crippen LogP contribution >= 0.6 is 0 Å². The van der Waals surface area contributed by atoms with Crippen LogP contribution in [-0.2, 0) is 20.7 Å². The second kappa shape index (κ2) is 16.4. The molecule has 1 saturated carbocycles. The Hall–Kier alpha value is -6.18. The van der Waals surface area contributed by atoms with Gasteiger partial charge in [0.05, 0.1) is 6.20 Å². The van der Waals surface area contributed by atoms with Crippen LogP contribution in [0.2, 0.25) is 0 Å². The Bertz CT molecular complexity index is 1960. The van der Waals surface area contributed by atoms with Gasteiger partial charge in [-0.15, -0.1) is 10.2 Å². The average molecular weight is 718 g/mol. The smallest absolute Gasteiger partial charge is 0.407 e. The van der Waals surface area contributed by atoms with Crippen LogP contribution in [0.25, 0.3) is 22.5 Å². The van der Waals surface area contributed by atoms with Crippen LogP contribution in [0, 0.1) is 11.8 Å². The second-order valence-corrected chi connectivity index (χ2v) is 14.1. The first kappa shape index (κ1) is 36.6. The first-order chi connectivity index (χ1) is 25.5. The van der Waals surface area contributed by atoms with Crippen molar-refractivity contribution in [2.75, 3.05) is 11.4 Å². The molecular formula is C39H43N9O5. The first-order valence-electron chi connectivity index (χ1n) is 17.6. The third kappa shape index (κ3) is 9.79. The summed E-state index contributed by atoms with van der Waals surface area (Å²) in [6.07, 6.45) is 7.47. The van der Waals surface area contributed by atoms with Crippen molar-refractivity contribution in [1.29, 1.82) is 0 Å². The Morgan fingerprint density at radius 1 is 0.925 bits per heavy atom. The van der Waals surface area contributed by atoms with Gasteiger partial charge in [0.15, 0.2) is 0 Å². The van der Waals surface area contributed by atoms with Crippen LogP contribution < -0.4 is 20.7 Å². The summed E-state index contributed by atoms with van der Waals surface area (Å²) >= 11 is 0. The summed E-state index contributed by atoms with van der Waals surface area (Å²) in [4.78, 5) is 49.9. The van der Waals surface area contributed by atoms with E-state index in [0.717, 1.165) is 29.5 Å². The Labute approximate surface area is 307 Å². The molecule has 4 N–H and O–H groups in total. The van der Waals surface area contributed by atoms with Crippen LogP contribution in [0.1, 0.15) is 52.0 Å². The number of hydrogen-bond acceptors (Lipinski definition) is 10. The lowest BCUT2D eigenvalue weighted by Gasteiger charge is -2.36. The van der Waals surface area contributed by atoms with Crippen LogP contribution in [0.4, 0.5) is 10.5 Å². The predicted molar refractivity (Wildman–Crippen MR) is 197 cm³/mol. The number of alkyl carbamates (subject to hydrolysis) is 1. The van der Waals surface area contributed by atoms with Crippen molar-refractivity contribution in [3.05, 3.63) is 97.0 Å². The molecule has 0 saturated heterocycles. The zero-order valence-electron chi connectivity index (χ0n) is 29.9. The topological polar surface area (TPSA) is 191 Å². The van der Waals surface area contributed by atoms with E-state index in [9.17, 15) is 14.4 Å². The summed E-state index contributed by atoms with van der Waals surface area (Å²) in [5.74, 6) is 0.543. The highest BCUT2D eigenvalue weighted by Crippen LogP contribution is 2.33. The number of carbonyl (C=O) groups is 3. The molecular weight excluding hydrogens is 674 g/mol. The number of rotatable bonds is 12. The Balaban J connectivity index is 1.17. The molecule has 3 aromatic heterocycles. The molecule has 14 nitrogen and oxygen atoms in total. The van der Waals surface area contributed by atoms with Gasteiger partial charge in [0.2, 0.25) is 23.5 Å². The van der Waals surface area contributed by atoms with Gasteiger partial charge < -0.3 is 20.5 Å². The van der Waals surface area contributed by atoms with Gasteiger partial charge in [0, 0.05) is 54.2 Å². The summed E-state index contributed by atoms with van der Waals surface area (Å²) in [6, 6.07) is 21.2. The number of nitrogens with two attached hydrogens (primary N) is 1. The lowest BCUT2D eigenvalue weighted by Crippen LogP contribution is -2.52. The van der Waals surface area contributed by atoms with Gasteiger partial charge in [-0.25, -0.2) is 9.78 Å². The number of tetrazole rings is 1. The molecule has 1 aliphatic carbocycles. The van der Waals surface area contributed by atoms with Crippen LogP contribution in [0.5, 0.6) is 11.6 Å². The molecule has 274 valence electrons. The number of aromatic nitrogens is 6. The molecule has 3 heterocycles. The highest BCUT2D eigenvalue weighted by molar-refractivity contribution is 6.01. The first-order valence-corrected chi connectivity index (χ1v) is 17.6. The molecule has 0 bridgehead atoms. The monoisotopic (exact) mass is 717 g/mol. The number of amides is 3. The van der Waals surface area contributed by atoms with E-state index in [-0.39, 0.29) is 24.2 Å². The minimum absolute atomic E-state index is 0.170. The average Bonchev–Trinajstić information content (AvgIpc) is 3.70. The van der Waals surface area contributed by atoms with Crippen LogP contribution in [0.3, 0.4) is 0 Å². The molecule has 0 unspecified atom stereocenters. The second-order valence-electron chi connectivity index (χ2n) is 14.1. The van der Waals surface area contributed by atoms with Crippen LogP contribution in [0.15, 0.2) is 91.4 Å². The van der Waals surface area contributed by atoms with E-state index in [1.807, 2.05) is 51.1 Å². The number of pyridine rings is 2. The molecule has 3 amide bonds. The summed E-state index contributed by atoms with van der Waals surface area (Å²) in [7, 11) is 0. The van der Waals surface area contributed by atoms with Crippen molar-refractivity contribution in [2.45, 2.75) is 64.5 Å². The zero-order chi connectivity index (χ0) is 37.4. The molecule has 5 aromatic rings. The fourth-order valence-corrected chi connectivity index (χ4v) is 6.38. The molecule has 0 radical (unpaired) electrons. The van der Waals surface area contributed by atoms with Gasteiger partial charge in [-0.3, -0.25) is 19.5 Å². The summed E-state index contributed by atoms with van der Waals surface area (Å²) < 4.78 is 11.1. The number of anilines is 1. The number of nitrogens with one attached hydrogen (secondary N) is 2. The standard InChI is InChI=1S/C39H43N9O5/c1-39(2,3)53-38(51)43-22-26-8-12-29(13-9-26)37(50)48(31-17-14-28(15-18-31)36-44-46-47-45-36)33(35(40)49)21-25-6-10-27(11-7-25)30-16-19-34(42-23-30)52-32-5-4-20-41-24-32/h4-7,10-11,14-20,23-24,26,29,33H,8-9,12-13,21-22H2,1-3H3,(H2,40,49)(H,43,51)(H,44,45,46,47)/t26?,29?,33-/m0/s1. The van der Waals surface area contributed by atoms with Crippen LogP contribution in [-0.4, -0.2) is 66.7 Å². The maximum atomic E-state index is 14.4. The molecule has 53 heavy (non-hydrogen) atoms. The van der Waals surface area contributed by atoms with Gasteiger partial charge in [-0.05, 0) is 111 Å². The number of H-pyrrole nitrogens is 1. The van der Waals surface area contributed by atoms with Crippen molar-refractivity contribution in [2.24, 2.45) is 17.6 Å². The van der Waals surface area contributed by atoms with E-state index in [1.165, 1.54) is 0 Å². The minimum atomic E-state index is -0.957. The third-order valence-electron chi connectivity index (χ3n) is 9.07. The van der Waals surface area contributed by atoms with E-state index in [0.29, 0.717) is 48.1 Å². The molecule has 0 spiro atoms. The van der Waals surface area contributed by atoms with Gasteiger partial charge in [-0.1, -0.05) is 24.3 Å². The number of hydrogen-bond donors (Lipinski definition) is 3. The lowest BCUT2D eigenvalue weighted by molar-refractivity contribution is -0.127. The number of primary amides is 1. The van der Waals surface area contributed by atoms with Crippen molar-refractivity contribution >= 4 is 23.6 Å². The molecule has 1 fully saturated rings. The summed E-state index contributed by atoms with van der Waals surface area (Å²) in [5, 5.41) is 17.0. The number of carbonyl (C=O) groups excluding carboxylic acids is 3. The highest BCUT2D eigenvalue weighted by Gasteiger charge is 2.36. The maximum Gasteiger partial charge on any atom is 0.407 e. The zero-order valence-corrected chi connectivity index (χ0v) is 29.9. The van der Waals surface area contributed by atoms with E-state index in [1.54, 1.807) is 66.0 Å². The Kier molecular flexibility index (Phi) is 11.4. The molecule has 0 aliphatic heterocycles. The molecule has 6 rings (SSSR count). The largest absolute Gasteiger partial charge is 0.444 e. The Morgan fingerprint density at radius 2 is 1.64 bits per heavy atom. The van der Waals surface area contributed by atoms with Crippen molar-refractivity contribution < 1.29 is 23.9 Å². The highest BCUT2D eigenvalue weighted by atomic mass is 16.6. The SMILES string of the molecule is CC(C)(C)OC(=O)NCC1CCC(C(=O)N(c2ccc(-c3nn[nH]n3)cc2)[C@@H](Cc2ccc(-c3ccc(Oc4cccnc4)nc3)cc2)C(N)=O)CC1. The van der Waals surface area contributed by atoms with Crippen molar-refractivity contribution in [3.8, 4) is 34.1 Å². The summed E-state index contributed by atoms with van der Waals surface area (Å²) in [6.45, 7) is 5.93. The number of nitrogens with zero attached hydrogens (tertiary/aromatic N) is 6. The number of benzene rings is 2. The predicted octanol–water partition coefficient (Wildman–Crippen LogP) is 5.88. The molecule has 2 aromatic carbocycles. The van der Waals surface area contributed by atoms with Crippen molar-refractivity contribution in [1.82, 2.24) is 35.9 Å². The number of ether oxygens (including phenoxy) is 2. The molecule has 1 aliphatic rings. The van der Waals surface area contributed by atoms with Gasteiger partial charge in [0.1, 0.15) is 17.4 Å². The fraction of sp³-hybridized carbons (Fsp3) is 0.333. The third-order valence-corrected chi connectivity index (χ3v) is 9.07.